The van der Waals surface area contributed by atoms with Crippen LogP contribution in [-0.4, -0.2) is 30.8 Å². The van der Waals surface area contributed by atoms with Crippen LogP contribution in [-0.2, 0) is 0 Å². The second-order valence-electron chi connectivity index (χ2n) is 10.1. The summed E-state index contributed by atoms with van der Waals surface area (Å²) >= 11 is 6.47. The van der Waals surface area contributed by atoms with Gasteiger partial charge in [-0.3, -0.25) is 4.57 Å². The van der Waals surface area contributed by atoms with Crippen molar-refractivity contribution in [3.8, 4) is 5.95 Å². The third kappa shape index (κ3) is 3.16. The highest BCUT2D eigenvalue weighted by atomic mass is 32.1. The van der Waals surface area contributed by atoms with Crippen molar-refractivity contribution in [3.63, 3.8) is 0 Å². The van der Waals surface area contributed by atoms with Gasteiger partial charge in [0.1, 0.15) is 0 Å². The maximum absolute atomic E-state index is 5.30. The first-order valence-corrected chi connectivity index (χ1v) is 15.4. The SMILES string of the molecule is C=Cc1sc2c3ccccc3c3c(c4ccccc4n3-c3n[c]([Al])c4sc5c(C)cccc5c4n3)c2c1/C=C\C. The van der Waals surface area contributed by atoms with E-state index in [-0.39, 0.29) is 0 Å². The number of hydrogen-bond acceptors (Lipinski definition) is 4. The predicted octanol–water partition coefficient (Wildman–Crippen LogP) is 9.09. The fraction of sp³-hybridized carbons (Fsp3) is 0.0588. The zero-order chi connectivity index (χ0) is 27.1. The van der Waals surface area contributed by atoms with Crippen LogP contribution in [0.15, 0.2) is 79.4 Å². The molecule has 6 heteroatoms. The summed E-state index contributed by atoms with van der Waals surface area (Å²) in [5.41, 5.74) is 5.74. The molecule has 0 aliphatic heterocycles. The molecule has 8 aromatic rings. The molecule has 4 aromatic heterocycles. The van der Waals surface area contributed by atoms with Crippen LogP contribution in [0.4, 0.5) is 0 Å². The van der Waals surface area contributed by atoms with Crippen molar-refractivity contribution in [2.75, 3.05) is 0 Å². The summed E-state index contributed by atoms with van der Waals surface area (Å²) in [6.45, 7) is 8.40. The van der Waals surface area contributed by atoms with Crippen molar-refractivity contribution in [1.29, 1.82) is 0 Å². The molecule has 0 spiro atoms. The lowest BCUT2D eigenvalue weighted by Crippen LogP contribution is -2.14. The molecule has 0 saturated carbocycles. The third-order valence-electron chi connectivity index (χ3n) is 7.80. The molecule has 8 rings (SSSR count). The minimum atomic E-state index is 0.696. The van der Waals surface area contributed by atoms with Gasteiger partial charge in [-0.1, -0.05) is 85.5 Å². The Kier molecular flexibility index (Phi) is 5.32. The van der Waals surface area contributed by atoms with Crippen LogP contribution in [0.2, 0.25) is 0 Å². The summed E-state index contributed by atoms with van der Waals surface area (Å²) in [6.07, 6.45) is 6.33. The molecule has 0 unspecified atom stereocenters. The molecule has 40 heavy (non-hydrogen) atoms. The summed E-state index contributed by atoms with van der Waals surface area (Å²) in [5.74, 6) is 0.696. The van der Waals surface area contributed by atoms with E-state index in [9.17, 15) is 0 Å². The molecule has 0 bridgehead atoms. The standard InChI is InChI=1S/C34H22N3S2.Al/c1-4-11-23-26(5-2)38-33-21-14-7-6-13-20(21)31-28(29(23)33)22-15-8-9-17-25(22)37(31)34-35-18-27-30(36-34)24-16-10-12-19(3)32(24)39-27;/h4-17H,2H2,1,3H3;/b11-4-;. The largest absolute Gasteiger partial charge is 0.277 e. The van der Waals surface area contributed by atoms with E-state index in [2.05, 4.69) is 120 Å². The van der Waals surface area contributed by atoms with Gasteiger partial charge in [0.05, 0.1) is 21.3 Å². The number of rotatable bonds is 3. The molecule has 0 saturated heterocycles. The lowest BCUT2D eigenvalue weighted by Gasteiger charge is -2.11. The zero-order valence-electron chi connectivity index (χ0n) is 22.0. The first-order chi connectivity index (χ1) is 19.6. The van der Waals surface area contributed by atoms with Crippen molar-refractivity contribution in [2.45, 2.75) is 13.8 Å². The van der Waals surface area contributed by atoms with Crippen molar-refractivity contribution < 1.29 is 0 Å². The Hall–Kier alpha value is -3.79. The highest BCUT2D eigenvalue weighted by molar-refractivity contribution is 7.26. The van der Waals surface area contributed by atoms with Gasteiger partial charge in [0, 0.05) is 52.2 Å². The summed E-state index contributed by atoms with van der Waals surface area (Å²) < 4.78 is 6.89. The average Bonchev–Trinajstić information content (AvgIpc) is 3.64. The highest BCUT2D eigenvalue weighted by Gasteiger charge is 2.24. The molecule has 0 aliphatic rings. The minimum absolute atomic E-state index is 0.696. The average molecular weight is 564 g/mol. The Labute approximate surface area is 247 Å². The Morgan fingerprint density at radius 1 is 0.800 bits per heavy atom. The van der Waals surface area contributed by atoms with E-state index in [0.29, 0.717) is 5.95 Å². The fourth-order valence-electron chi connectivity index (χ4n) is 6.14. The van der Waals surface area contributed by atoms with Crippen molar-refractivity contribution in [3.05, 3.63) is 95.4 Å². The molecular formula is C34H22AlN3S2. The maximum Gasteiger partial charge on any atom is 0.233 e. The Morgan fingerprint density at radius 2 is 1.55 bits per heavy atom. The number of fused-ring (bicyclic) bond motifs is 11. The summed E-state index contributed by atoms with van der Waals surface area (Å²) in [4.78, 5) is 11.6. The lowest BCUT2D eigenvalue weighted by molar-refractivity contribution is 1.03. The van der Waals surface area contributed by atoms with Crippen LogP contribution in [0.1, 0.15) is 22.9 Å². The number of thiophene rings is 2. The van der Waals surface area contributed by atoms with Crippen LogP contribution in [0.5, 0.6) is 0 Å². The van der Waals surface area contributed by atoms with Gasteiger partial charge in [-0.15, -0.1) is 22.7 Å². The molecule has 188 valence electrons. The van der Waals surface area contributed by atoms with Gasteiger partial charge in [0.15, 0.2) is 0 Å². The number of para-hydroxylation sites is 1. The van der Waals surface area contributed by atoms with Crippen LogP contribution in [0.3, 0.4) is 0 Å². The molecule has 0 amide bonds. The van der Waals surface area contributed by atoms with E-state index in [0.717, 1.165) is 25.8 Å². The number of aromatic nitrogens is 3. The molecule has 2 radical (unpaired) electrons. The zero-order valence-corrected chi connectivity index (χ0v) is 24.8. The van der Waals surface area contributed by atoms with Crippen molar-refractivity contribution in [2.24, 2.45) is 0 Å². The van der Waals surface area contributed by atoms with Gasteiger partial charge in [0.2, 0.25) is 22.2 Å². The number of nitrogens with zero attached hydrogens (tertiary/aromatic N) is 3. The molecule has 0 N–H and O–H groups in total. The lowest BCUT2D eigenvalue weighted by atomic mass is 9.98. The molecule has 0 fully saturated rings. The van der Waals surface area contributed by atoms with Crippen LogP contribution in [0, 0.1) is 6.92 Å². The van der Waals surface area contributed by atoms with E-state index in [1.165, 1.54) is 57.7 Å². The monoisotopic (exact) mass is 563 g/mol. The number of benzene rings is 4. The van der Waals surface area contributed by atoms with Crippen molar-refractivity contribution in [1.82, 2.24) is 14.5 Å². The Morgan fingerprint density at radius 3 is 2.35 bits per heavy atom. The molecule has 4 heterocycles. The first-order valence-electron chi connectivity index (χ1n) is 13.2. The fourth-order valence-corrected chi connectivity index (χ4v) is 8.87. The van der Waals surface area contributed by atoms with E-state index in [1.54, 1.807) is 11.3 Å². The van der Waals surface area contributed by atoms with E-state index < -0.39 is 0 Å². The predicted molar refractivity (Wildman–Crippen MR) is 177 cm³/mol. The van der Waals surface area contributed by atoms with Gasteiger partial charge in [-0.25, -0.2) is 9.97 Å². The van der Waals surface area contributed by atoms with Gasteiger partial charge >= 0.3 is 0 Å². The smallest absolute Gasteiger partial charge is 0.233 e. The normalized spacial score (nSPS) is 12.3. The Bertz CT molecular complexity index is 2390. The van der Waals surface area contributed by atoms with Crippen LogP contribution < -0.4 is 4.56 Å². The first kappa shape index (κ1) is 24.0. The van der Waals surface area contributed by atoms with Crippen molar-refractivity contribution >= 4 is 119 Å². The number of allylic oxidation sites excluding steroid dienone is 1. The van der Waals surface area contributed by atoms with Gasteiger partial charge in [-0.2, -0.15) is 0 Å². The third-order valence-corrected chi connectivity index (χ3v) is 11.0. The Balaban J connectivity index is 1.64. The molecule has 3 nitrogen and oxygen atoms in total. The van der Waals surface area contributed by atoms with E-state index >= 15 is 0 Å². The minimum Gasteiger partial charge on any atom is -0.277 e. The van der Waals surface area contributed by atoms with Crippen LogP contribution >= 0.6 is 22.7 Å². The number of hydrogen-bond donors (Lipinski definition) is 0. The van der Waals surface area contributed by atoms with E-state index in [4.69, 9.17) is 9.97 Å². The van der Waals surface area contributed by atoms with Crippen LogP contribution in [0.25, 0.3) is 81.1 Å². The van der Waals surface area contributed by atoms with E-state index in [1.807, 2.05) is 17.4 Å². The second kappa shape index (κ2) is 8.86. The summed E-state index contributed by atoms with van der Waals surface area (Å²) in [5, 5.41) is 7.33. The summed E-state index contributed by atoms with van der Waals surface area (Å²) in [7, 11) is 0. The van der Waals surface area contributed by atoms with Gasteiger partial charge < -0.3 is 0 Å². The molecular weight excluding hydrogens is 542 g/mol. The maximum atomic E-state index is 5.30. The molecule has 0 aliphatic carbocycles. The second-order valence-corrected chi connectivity index (χ2v) is 12.7. The highest BCUT2D eigenvalue weighted by Crippen LogP contribution is 2.47. The quantitative estimate of drug-likeness (QED) is 0.201. The molecule has 0 atom stereocenters. The van der Waals surface area contributed by atoms with Gasteiger partial charge in [0.25, 0.3) is 0 Å². The number of aryl methyl sites for hydroxylation is 1. The molecule has 4 aromatic carbocycles. The van der Waals surface area contributed by atoms with Gasteiger partial charge in [-0.05, 0) is 30.0 Å². The topological polar surface area (TPSA) is 30.7 Å². The summed E-state index contributed by atoms with van der Waals surface area (Å²) in [6, 6.07) is 23.9.